The summed E-state index contributed by atoms with van der Waals surface area (Å²) in [6.07, 6.45) is 2.02. The normalized spacial score (nSPS) is 11.9. The monoisotopic (exact) mass is 238 g/mol. The Balaban J connectivity index is 2.36. The Hall–Kier alpha value is -0.660. The Bertz CT molecular complexity index is 388. The molecule has 0 aromatic carbocycles. The van der Waals surface area contributed by atoms with Gasteiger partial charge in [0.1, 0.15) is 11.5 Å². The fourth-order valence-corrected chi connectivity index (χ4v) is 1.58. The van der Waals surface area contributed by atoms with E-state index in [0.717, 1.165) is 0 Å². The minimum absolute atomic E-state index is 0.263. The Labute approximate surface area is 87.3 Å². The average molecular weight is 239 g/mol. The highest BCUT2D eigenvalue weighted by atomic mass is 35.5. The molecule has 6 nitrogen and oxygen atoms in total. The van der Waals surface area contributed by atoms with Gasteiger partial charge < -0.3 is 0 Å². The van der Waals surface area contributed by atoms with Crippen LogP contribution < -0.4 is 4.72 Å². The fraction of sp³-hybridized carbons (Fsp3) is 0.667. The summed E-state index contributed by atoms with van der Waals surface area (Å²) in [4.78, 5) is 3.95. The van der Waals surface area contributed by atoms with E-state index in [0.29, 0.717) is 12.2 Å². The van der Waals surface area contributed by atoms with Gasteiger partial charge in [-0.25, -0.2) is 18.1 Å². The molecule has 0 spiro atoms. The zero-order chi connectivity index (χ0) is 10.6. The van der Waals surface area contributed by atoms with E-state index >= 15 is 0 Å². The van der Waals surface area contributed by atoms with Crippen molar-refractivity contribution in [3.63, 3.8) is 0 Å². The topological polar surface area (TPSA) is 76.9 Å². The molecule has 1 aromatic heterocycles. The smallest absolute Gasteiger partial charge is 0.225 e. The molecule has 1 heterocycles. The second kappa shape index (κ2) is 4.72. The van der Waals surface area contributed by atoms with E-state index in [-0.39, 0.29) is 6.54 Å². The lowest BCUT2D eigenvalue weighted by Gasteiger charge is -2.00. The van der Waals surface area contributed by atoms with Gasteiger partial charge in [0.2, 0.25) is 10.0 Å². The molecule has 0 amide bonds. The number of rotatable bonds is 5. The number of aromatic nitrogens is 3. The molecule has 0 atom stereocenters. The highest BCUT2D eigenvalue weighted by molar-refractivity contribution is 7.90. The van der Waals surface area contributed by atoms with Crippen molar-refractivity contribution in [3.8, 4) is 0 Å². The first-order valence-electron chi connectivity index (χ1n) is 3.91. The van der Waals surface area contributed by atoms with Gasteiger partial charge in [0.25, 0.3) is 0 Å². The predicted molar refractivity (Wildman–Crippen MR) is 52.3 cm³/mol. The molecule has 1 N–H and O–H groups in total. The molecule has 0 aliphatic heterocycles. The summed E-state index contributed by atoms with van der Waals surface area (Å²) in [5.41, 5.74) is 0. The molecule has 1 rings (SSSR count). The van der Waals surface area contributed by atoms with Crippen molar-refractivity contribution in [2.75, 3.05) is 11.8 Å². The van der Waals surface area contributed by atoms with Crippen molar-refractivity contribution < 1.29 is 8.42 Å². The van der Waals surface area contributed by atoms with Crippen molar-refractivity contribution >= 4 is 21.6 Å². The number of hydrogen-bond donors (Lipinski definition) is 1. The van der Waals surface area contributed by atoms with Gasteiger partial charge >= 0.3 is 0 Å². The van der Waals surface area contributed by atoms with Gasteiger partial charge in [0.15, 0.2) is 5.82 Å². The second-order valence-corrected chi connectivity index (χ2v) is 5.09. The Kier molecular flexibility index (Phi) is 3.85. The van der Waals surface area contributed by atoms with Crippen LogP contribution in [0.1, 0.15) is 5.82 Å². The summed E-state index contributed by atoms with van der Waals surface area (Å²) in [5.74, 6) is 0.602. The summed E-state index contributed by atoms with van der Waals surface area (Å²) in [6, 6.07) is 0. The molecule has 0 unspecified atom stereocenters. The van der Waals surface area contributed by atoms with Gasteiger partial charge in [0, 0.05) is 20.0 Å². The van der Waals surface area contributed by atoms with Crippen molar-refractivity contribution in [1.82, 2.24) is 19.5 Å². The van der Waals surface area contributed by atoms with Crippen LogP contribution in [0, 0.1) is 0 Å². The van der Waals surface area contributed by atoms with Crippen LogP contribution in [-0.4, -0.2) is 34.9 Å². The van der Waals surface area contributed by atoms with Gasteiger partial charge in [0.05, 0.1) is 0 Å². The van der Waals surface area contributed by atoms with Crippen LogP contribution in [0.4, 0.5) is 0 Å². The van der Waals surface area contributed by atoms with Gasteiger partial charge in [-0.1, -0.05) is 0 Å². The van der Waals surface area contributed by atoms with E-state index < -0.39 is 15.2 Å². The van der Waals surface area contributed by atoms with Gasteiger partial charge in [-0.05, 0) is 0 Å². The predicted octanol–water partition coefficient (Wildman–Crippen LogP) is -0.527. The number of hydrogen-bond acceptors (Lipinski definition) is 4. The van der Waals surface area contributed by atoms with Gasteiger partial charge in [-0.3, -0.25) is 4.68 Å². The number of nitrogens with one attached hydrogen (secondary N) is 1. The second-order valence-electron chi connectivity index (χ2n) is 2.70. The maximum atomic E-state index is 10.9. The number of nitrogens with zero attached hydrogens (tertiary/aromatic N) is 3. The van der Waals surface area contributed by atoms with E-state index in [1.807, 2.05) is 0 Å². The lowest BCUT2D eigenvalue weighted by Crippen LogP contribution is -2.26. The maximum Gasteiger partial charge on any atom is 0.225 e. The highest BCUT2D eigenvalue weighted by Gasteiger charge is 2.07. The maximum absolute atomic E-state index is 10.9. The SMILES string of the molecule is Cn1cnc(CCNS(=O)(=O)CCl)n1. The zero-order valence-electron chi connectivity index (χ0n) is 7.64. The molecule has 8 heteroatoms. The van der Waals surface area contributed by atoms with Crippen molar-refractivity contribution in [2.45, 2.75) is 6.42 Å². The standard InChI is InChI=1S/C6H11ClN4O2S/c1-11-5-8-6(10-11)2-3-9-14(12,13)4-7/h5,9H,2-4H2,1H3. The lowest BCUT2D eigenvalue weighted by atomic mass is 10.4. The molecule has 0 aliphatic rings. The number of sulfonamides is 1. The molecule has 14 heavy (non-hydrogen) atoms. The summed E-state index contributed by atoms with van der Waals surface area (Å²) >= 11 is 5.19. The molecule has 0 saturated heterocycles. The van der Waals surface area contributed by atoms with Crippen LogP contribution in [0.15, 0.2) is 6.33 Å². The third kappa shape index (κ3) is 3.60. The van der Waals surface area contributed by atoms with E-state index in [2.05, 4.69) is 14.8 Å². The van der Waals surface area contributed by atoms with Crippen LogP contribution in [0.2, 0.25) is 0 Å². The summed E-state index contributed by atoms with van der Waals surface area (Å²) < 4.78 is 25.7. The first kappa shape index (κ1) is 11.4. The summed E-state index contributed by atoms with van der Waals surface area (Å²) in [7, 11) is -1.58. The molecule has 0 bridgehead atoms. The molecule has 1 aromatic rings. The lowest BCUT2D eigenvalue weighted by molar-refractivity contribution is 0.585. The molecule has 0 radical (unpaired) electrons. The molecule has 0 saturated carbocycles. The van der Waals surface area contributed by atoms with E-state index in [1.165, 1.54) is 0 Å². The quantitative estimate of drug-likeness (QED) is 0.700. The third-order valence-corrected chi connectivity index (χ3v) is 3.25. The van der Waals surface area contributed by atoms with Crippen molar-refractivity contribution in [1.29, 1.82) is 0 Å². The number of halogens is 1. The molecular formula is C6H11ClN4O2S. The first-order valence-corrected chi connectivity index (χ1v) is 6.10. The minimum atomic E-state index is -3.33. The molecule has 0 aliphatic carbocycles. The van der Waals surface area contributed by atoms with Crippen LogP contribution in [0.5, 0.6) is 0 Å². The van der Waals surface area contributed by atoms with Crippen molar-refractivity contribution in [2.24, 2.45) is 7.05 Å². The van der Waals surface area contributed by atoms with Crippen molar-refractivity contribution in [3.05, 3.63) is 12.2 Å². The van der Waals surface area contributed by atoms with Gasteiger partial charge in [-0.15, -0.1) is 11.6 Å². The Morgan fingerprint density at radius 3 is 2.86 bits per heavy atom. The Morgan fingerprint density at radius 1 is 1.64 bits per heavy atom. The zero-order valence-corrected chi connectivity index (χ0v) is 9.22. The van der Waals surface area contributed by atoms with Crippen LogP contribution in [-0.2, 0) is 23.5 Å². The average Bonchev–Trinajstić information content (AvgIpc) is 2.51. The summed E-state index contributed by atoms with van der Waals surface area (Å²) in [6.45, 7) is 0.263. The fourth-order valence-electron chi connectivity index (χ4n) is 0.855. The van der Waals surface area contributed by atoms with Crippen LogP contribution in [0.25, 0.3) is 0 Å². The number of aryl methyl sites for hydroxylation is 1. The van der Waals surface area contributed by atoms with Gasteiger partial charge in [-0.2, -0.15) is 5.10 Å². The van der Waals surface area contributed by atoms with E-state index in [4.69, 9.17) is 11.6 Å². The highest BCUT2D eigenvalue weighted by Crippen LogP contribution is 1.91. The molecule has 0 fully saturated rings. The van der Waals surface area contributed by atoms with E-state index in [9.17, 15) is 8.42 Å². The summed E-state index contributed by atoms with van der Waals surface area (Å²) in [5, 5.41) is 3.57. The third-order valence-electron chi connectivity index (χ3n) is 1.46. The first-order chi connectivity index (χ1) is 6.53. The van der Waals surface area contributed by atoms with Crippen LogP contribution >= 0.6 is 11.6 Å². The Morgan fingerprint density at radius 2 is 2.36 bits per heavy atom. The molecule has 80 valence electrons. The van der Waals surface area contributed by atoms with E-state index in [1.54, 1.807) is 18.1 Å². The number of alkyl halides is 1. The minimum Gasteiger partial charge on any atom is -0.256 e. The van der Waals surface area contributed by atoms with Crippen LogP contribution in [0.3, 0.4) is 0 Å². The molecular weight excluding hydrogens is 228 g/mol. The largest absolute Gasteiger partial charge is 0.256 e.